The molecule has 0 aromatic carbocycles. The molecule has 0 saturated heterocycles. The Morgan fingerprint density at radius 3 is 2.21 bits per heavy atom. The van der Waals surface area contributed by atoms with Gasteiger partial charge in [0.05, 0.1) is 17.4 Å². The molecule has 0 spiro atoms. The first-order chi connectivity index (χ1) is 9.00. The number of carbonyl (C=O) groups is 2. The summed E-state index contributed by atoms with van der Waals surface area (Å²) < 4.78 is 5.12. The average Bonchev–Trinajstić information content (AvgIpc) is 2.34. The third-order valence-corrected chi connectivity index (χ3v) is 5.27. The van der Waals surface area contributed by atoms with Crippen molar-refractivity contribution in [1.29, 1.82) is 0 Å². The molecule has 4 rings (SSSR count). The van der Waals surface area contributed by atoms with Crippen LogP contribution in [-0.2, 0) is 14.3 Å². The SMILES string of the molecule is O=C(O)C12CC3CC(C1)CC(C(=O)OCCO)(C3)C2. The zero-order valence-corrected chi connectivity index (χ0v) is 10.9. The second-order valence-electron chi connectivity index (χ2n) is 6.69. The molecule has 4 aliphatic carbocycles. The van der Waals surface area contributed by atoms with E-state index in [0.29, 0.717) is 31.1 Å². The lowest BCUT2D eigenvalue weighted by Gasteiger charge is -2.59. The molecule has 4 saturated carbocycles. The number of hydrogen-bond donors (Lipinski definition) is 2. The van der Waals surface area contributed by atoms with Gasteiger partial charge in [-0.2, -0.15) is 0 Å². The Hall–Kier alpha value is -1.10. The van der Waals surface area contributed by atoms with Gasteiger partial charge in [-0.15, -0.1) is 0 Å². The molecule has 2 atom stereocenters. The average molecular weight is 268 g/mol. The van der Waals surface area contributed by atoms with Crippen LogP contribution in [0.4, 0.5) is 0 Å². The van der Waals surface area contributed by atoms with Crippen LogP contribution in [0.3, 0.4) is 0 Å². The van der Waals surface area contributed by atoms with Gasteiger partial charge in [-0.1, -0.05) is 0 Å². The third kappa shape index (κ3) is 1.86. The number of esters is 1. The van der Waals surface area contributed by atoms with Crippen LogP contribution < -0.4 is 0 Å². The molecular formula is C14H20O5. The summed E-state index contributed by atoms with van der Waals surface area (Å²) in [6, 6.07) is 0. The van der Waals surface area contributed by atoms with Gasteiger partial charge in [-0.25, -0.2) is 0 Å². The fourth-order valence-corrected chi connectivity index (χ4v) is 5.04. The summed E-state index contributed by atoms with van der Waals surface area (Å²) >= 11 is 0. The first-order valence-electron chi connectivity index (χ1n) is 7.01. The Bertz CT molecular complexity index is 402. The maximum Gasteiger partial charge on any atom is 0.312 e. The second kappa shape index (κ2) is 4.20. The monoisotopic (exact) mass is 268 g/mol. The molecular weight excluding hydrogens is 248 g/mol. The second-order valence-corrected chi connectivity index (χ2v) is 6.69. The van der Waals surface area contributed by atoms with E-state index in [1.54, 1.807) is 0 Å². The van der Waals surface area contributed by atoms with Crippen LogP contribution in [0, 0.1) is 22.7 Å². The highest BCUT2D eigenvalue weighted by atomic mass is 16.5. The van der Waals surface area contributed by atoms with Gasteiger partial charge in [0.2, 0.25) is 0 Å². The van der Waals surface area contributed by atoms with Crippen LogP contribution in [0.1, 0.15) is 38.5 Å². The predicted octanol–water partition coefficient (Wildman–Crippen LogP) is 1.19. The van der Waals surface area contributed by atoms with Crippen molar-refractivity contribution in [3.63, 3.8) is 0 Å². The molecule has 2 N–H and O–H groups in total. The number of aliphatic hydroxyl groups excluding tert-OH is 1. The summed E-state index contributed by atoms with van der Waals surface area (Å²) in [4.78, 5) is 23.9. The van der Waals surface area contributed by atoms with Crippen LogP contribution in [0.15, 0.2) is 0 Å². The van der Waals surface area contributed by atoms with E-state index in [1.165, 1.54) is 0 Å². The van der Waals surface area contributed by atoms with Gasteiger partial charge >= 0.3 is 11.9 Å². The molecule has 0 radical (unpaired) electrons. The molecule has 0 heterocycles. The third-order valence-electron chi connectivity index (χ3n) is 5.27. The van der Waals surface area contributed by atoms with Crippen LogP contribution >= 0.6 is 0 Å². The van der Waals surface area contributed by atoms with Crippen LogP contribution in [0.5, 0.6) is 0 Å². The van der Waals surface area contributed by atoms with Gasteiger partial charge in [0, 0.05) is 0 Å². The summed E-state index contributed by atoms with van der Waals surface area (Å²) in [5, 5.41) is 18.3. The van der Waals surface area contributed by atoms with Gasteiger partial charge in [0.15, 0.2) is 0 Å². The molecule has 19 heavy (non-hydrogen) atoms. The van der Waals surface area contributed by atoms with Crippen molar-refractivity contribution in [3.05, 3.63) is 0 Å². The Kier molecular flexibility index (Phi) is 2.85. The highest BCUT2D eigenvalue weighted by Crippen LogP contribution is 2.65. The Balaban J connectivity index is 1.87. The number of aliphatic carboxylic acids is 1. The standard InChI is InChI=1S/C14H20O5/c15-1-2-19-12(18)14-6-9-3-10(7-14)5-13(4-9,8-14)11(16)17/h9-10,15H,1-8H2,(H,16,17). The molecule has 4 aliphatic rings. The maximum atomic E-state index is 12.3. The zero-order valence-electron chi connectivity index (χ0n) is 10.9. The number of ether oxygens (including phenoxy) is 1. The first kappa shape index (κ1) is 12.9. The van der Waals surface area contributed by atoms with Crippen molar-refractivity contribution in [1.82, 2.24) is 0 Å². The van der Waals surface area contributed by atoms with E-state index in [0.717, 1.165) is 19.3 Å². The number of rotatable bonds is 4. The lowest BCUT2D eigenvalue weighted by molar-refractivity contribution is -0.191. The van der Waals surface area contributed by atoms with Gasteiger partial charge in [0.25, 0.3) is 0 Å². The zero-order chi connectivity index (χ0) is 13.7. The lowest BCUT2D eigenvalue weighted by Crippen LogP contribution is -2.57. The molecule has 5 nitrogen and oxygen atoms in total. The van der Waals surface area contributed by atoms with Crippen molar-refractivity contribution in [2.45, 2.75) is 38.5 Å². The summed E-state index contributed by atoms with van der Waals surface area (Å²) in [5.74, 6) is -0.347. The number of carbonyl (C=O) groups excluding carboxylic acids is 1. The van der Waals surface area contributed by atoms with E-state index < -0.39 is 16.8 Å². The molecule has 0 aromatic heterocycles. The molecule has 0 amide bonds. The quantitative estimate of drug-likeness (QED) is 0.748. The van der Waals surface area contributed by atoms with Crippen molar-refractivity contribution < 1.29 is 24.5 Å². The molecule has 4 bridgehead atoms. The summed E-state index contributed by atoms with van der Waals surface area (Å²) in [6.07, 6.45) is 4.45. The largest absolute Gasteiger partial charge is 0.481 e. The molecule has 2 unspecified atom stereocenters. The van der Waals surface area contributed by atoms with E-state index in [1.807, 2.05) is 0 Å². The lowest BCUT2D eigenvalue weighted by atomic mass is 9.44. The predicted molar refractivity (Wildman–Crippen MR) is 65.2 cm³/mol. The van der Waals surface area contributed by atoms with E-state index in [4.69, 9.17) is 9.84 Å². The molecule has 106 valence electrons. The number of carboxylic acid groups (broad SMARTS) is 1. The maximum absolute atomic E-state index is 12.3. The normalized spacial score (nSPS) is 43.2. The number of carboxylic acids is 1. The minimum Gasteiger partial charge on any atom is -0.481 e. The summed E-state index contributed by atoms with van der Waals surface area (Å²) in [7, 11) is 0. The molecule has 4 fully saturated rings. The van der Waals surface area contributed by atoms with E-state index in [9.17, 15) is 14.7 Å². The first-order valence-corrected chi connectivity index (χ1v) is 7.01. The van der Waals surface area contributed by atoms with Crippen LogP contribution in [-0.4, -0.2) is 35.4 Å². The Morgan fingerprint density at radius 2 is 1.68 bits per heavy atom. The van der Waals surface area contributed by atoms with Gasteiger partial charge < -0.3 is 14.9 Å². The number of aliphatic hydroxyl groups is 1. The fraction of sp³-hybridized carbons (Fsp3) is 0.857. The minimum absolute atomic E-state index is 0.00991. The van der Waals surface area contributed by atoms with Crippen LogP contribution in [0.25, 0.3) is 0 Å². The highest BCUT2D eigenvalue weighted by molar-refractivity contribution is 5.82. The fourth-order valence-electron chi connectivity index (χ4n) is 5.04. The summed E-state index contributed by atoms with van der Waals surface area (Å²) in [5.41, 5.74) is -1.31. The van der Waals surface area contributed by atoms with Crippen LogP contribution in [0.2, 0.25) is 0 Å². The highest BCUT2D eigenvalue weighted by Gasteiger charge is 2.63. The minimum atomic E-state index is -0.749. The van der Waals surface area contributed by atoms with Crippen molar-refractivity contribution in [3.8, 4) is 0 Å². The number of hydrogen-bond acceptors (Lipinski definition) is 4. The Labute approximate surface area is 111 Å². The van der Waals surface area contributed by atoms with Crippen molar-refractivity contribution in [2.24, 2.45) is 22.7 Å². The van der Waals surface area contributed by atoms with Gasteiger partial charge in [-0.05, 0) is 50.4 Å². The smallest absolute Gasteiger partial charge is 0.312 e. The van der Waals surface area contributed by atoms with Gasteiger partial charge in [-0.3, -0.25) is 9.59 Å². The van der Waals surface area contributed by atoms with Gasteiger partial charge in [0.1, 0.15) is 6.61 Å². The van der Waals surface area contributed by atoms with Crippen molar-refractivity contribution in [2.75, 3.05) is 13.2 Å². The van der Waals surface area contributed by atoms with E-state index in [-0.39, 0.29) is 19.2 Å². The Morgan fingerprint density at radius 1 is 1.11 bits per heavy atom. The van der Waals surface area contributed by atoms with Crippen molar-refractivity contribution >= 4 is 11.9 Å². The topological polar surface area (TPSA) is 83.8 Å². The molecule has 0 aliphatic heterocycles. The van der Waals surface area contributed by atoms with E-state index >= 15 is 0 Å². The van der Waals surface area contributed by atoms with E-state index in [2.05, 4.69) is 0 Å². The summed E-state index contributed by atoms with van der Waals surface area (Å²) in [6.45, 7) is -0.172. The molecule has 0 aromatic rings. The molecule has 5 heteroatoms.